The summed E-state index contributed by atoms with van der Waals surface area (Å²) >= 11 is 0. The largest absolute Gasteiger partial charge is 0.478 e. The Bertz CT molecular complexity index is 631. The van der Waals surface area contributed by atoms with Gasteiger partial charge < -0.3 is 5.11 Å². The summed E-state index contributed by atoms with van der Waals surface area (Å²) in [6.07, 6.45) is 0.974. The van der Waals surface area contributed by atoms with Gasteiger partial charge in [0.2, 0.25) is 0 Å². The highest BCUT2D eigenvalue weighted by Gasteiger charge is 2.08. The predicted octanol–water partition coefficient (Wildman–Crippen LogP) is 3.48. The van der Waals surface area contributed by atoms with Crippen LogP contribution < -0.4 is 0 Å². The molecule has 0 fully saturated rings. The maximum absolute atomic E-state index is 13.2. The summed E-state index contributed by atoms with van der Waals surface area (Å²) in [6.45, 7) is 0. The van der Waals surface area contributed by atoms with Crippen LogP contribution in [0.5, 0.6) is 0 Å². The Morgan fingerprint density at radius 3 is 2.21 bits per heavy atom. The number of rotatable bonds is 3. The van der Waals surface area contributed by atoms with Crippen molar-refractivity contribution in [1.82, 2.24) is 0 Å². The van der Waals surface area contributed by atoms with Crippen molar-refractivity contribution in [3.05, 3.63) is 77.4 Å². The molecule has 0 heterocycles. The highest BCUT2D eigenvalue weighted by molar-refractivity contribution is 5.95. The number of hydrogen-bond donors (Lipinski definition) is 1. The van der Waals surface area contributed by atoms with Crippen molar-refractivity contribution in [3.63, 3.8) is 0 Å². The molecule has 0 aliphatic carbocycles. The summed E-state index contributed by atoms with van der Waals surface area (Å²) in [4.78, 5) is 10.9. The van der Waals surface area contributed by atoms with E-state index in [9.17, 15) is 13.6 Å². The van der Waals surface area contributed by atoms with Crippen molar-refractivity contribution in [2.75, 3.05) is 0 Å². The molecule has 0 spiro atoms. The maximum Gasteiger partial charge on any atom is 0.328 e. The minimum absolute atomic E-state index is 0.326. The van der Waals surface area contributed by atoms with Crippen molar-refractivity contribution in [2.45, 2.75) is 0 Å². The van der Waals surface area contributed by atoms with Crippen LogP contribution >= 0.6 is 0 Å². The fraction of sp³-hybridized carbons (Fsp3) is 0. The maximum atomic E-state index is 13.2. The van der Waals surface area contributed by atoms with Crippen molar-refractivity contribution >= 4 is 11.5 Å². The van der Waals surface area contributed by atoms with Crippen LogP contribution in [0.1, 0.15) is 11.1 Å². The minimum Gasteiger partial charge on any atom is -0.478 e. The Morgan fingerprint density at radius 1 is 0.947 bits per heavy atom. The first kappa shape index (κ1) is 13.0. The summed E-state index contributed by atoms with van der Waals surface area (Å²) in [5.41, 5.74) is 1.26. The lowest BCUT2D eigenvalue weighted by molar-refractivity contribution is -0.131. The second-order valence-electron chi connectivity index (χ2n) is 3.91. The zero-order valence-electron chi connectivity index (χ0n) is 9.81. The van der Waals surface area contributed by atoms with E-state index in [2.05, 4.69) is 0 Å². The second kappa shape index (κ2) is 5.44. The quantitative estimate of drug-likeness (QED) is 0.858. The number of hydrogen-bond acceptors (Lipinski definition) is 1. The molecular weight excluding hydrogens is 250 g/mol. The molecule has 0 saturated heterocycles. The molecule has 2 rings (SSSR count). The summed E-state index contributed by atoms with van der Waals surface area (Å²) in [5.74, 6) is -2.03. The minimum atomic E-state index is -1.15. The molecule has 0 aromatic heterocycles. The molecule has 2 nitrogen and oxygen atoms in total. The van der Waals surface area contributed by atoms with Crippen molar-refractivity contribution in [2.24, 2.45) is 0 Å². The van der Waals surface area contributed by atoms with E-state index >= 15 is 0 Å². The van der Waals surface area contributed by atoms with E-state index < -0.39 is 17.6 Å². The van der Waals surface area contributed by atoms with Gasteiger partial charge in [0.25, 0.3) is 0 Å². The van der Waals surface area contributed by atoms with Gasteiger partial charge in [0, 0.05) is 6.08 Å². The standard InChI is InChI=1S/C15H10F2O2/c16-12-6-4-10(5-7-12)14(9-15(18)19)11-2-1-3-13(17)8-11/h1-9H,(H,18,19)/b14-9-. The van der Waals surface area contributed by atoms with Crippen LogP contribution in [0.15, 0.2) is 54.6 Å². The molecule has 2 aromatic carbocycles. The zero-order chi connectivity index (χ0) is 13.8. The van der Waals surface area contributed by atoms with Crippen LogP contribution in [0, 0.1) is 11.6 Å². The van der Waals surface area contributed by atoms with Crippen LogP contribution in [-0.4, -0.2) is 11.1 Å². The van der Waals surface area contributed by atoms with Crippen molar-refractivity contribution in [1.29, 1.82) is 0 Å². The first-order valence-electron chi connectivity index (χ1n) is 5.53. The molecule has 0 aliphatic rings. The molecule has 0 amide bonds. The summed E-state index contributed by atoms with van der Waals surface area (Å²) in [5, 5.41) is 8.89. The Hall–Kier alpha value is -2.49. The molecule has 0 bridgehead atoms. The van der Waals surface area contributed by atoms with Gasteiger partial charge in [-0.05, 0) is 41.0 Å². The van der Waals surface area contributed by atoms with Gasteiger partial charge in [-0.3, -0.25) is 0 Å². The van der Waals surface area contributed by atoms with E-state index in [4.69, 9.17) is 5.11 Å². The average Bonchev–Trinajstić information content (AvgIpc) is 2.37. The molecule has 1 N–H and O–H groups in total. The molecule has 0 atom stereocenters. The van der Waals surface area contributed by atoms with E-state index in [1.807, 2.05) is 0 Å². The summed E-state index contributed by atoms with van der Waals surface area (Å²) < 4.78 is 26.1. The Labute approximate surface area is 108 Å². The molecule has 0 saturated carbocycles. The number of halogens is 2. The van der Waals surface area contributed by atoms with Crippen LogP contribution in [0.2, 0.25) is 0 Å². The lowest BCUT2D eigenvalue weighted by Gasteiger charge is -2.07. The van der Waals surface area contributed by atoms with Crippen LogP contribution in [-0.2, 0) is 4.79 Å². The molecule has 0 unspecified atom stereocenters. The van der Waals surface area contributed by atoms with E-state index in [1.165, 1.54) is 42.5 Å². The third-order valence-electron chi connectivity index (χ3n) is 2.56. The van der Waals surface area contributed by atoms with Gasteiger partial charge in [0.15, 0.2) is 0 Å². The summed E-state index contributed by atoms with van der Waals surface area (Å²) in [7, 11) is 0. The topological polar surface area (TPSA) is 37.3 Å². The van der Waals surface area contributed by atoms with Gasteiger partial charge in [0.1, 0.15) is 11.6 Å². The Kier molecular flexibility index (Phi) is 3.71. The second-order valence-corrected chi connectivity index (χ2v) is 3.91. The normalized spacial score (nSPS) is 11.4. The van der Waals surface area contributed by atoms with E-state index in [0.29, 0.717) is 16.7 Å². The number of benzene rings is 2. The fourth-order valence-electron chi connectivity index (χ4n) is 1.74. The van der Waals surface area contributed by atoms with Crippen molar-refractivity contribution < 1.29 is 18.7 Å². The smallest absolute Gasteiger partial charge is 0.328 e. The predicted molar refractivity (Wildman–Crippen MR) is 67.5 cm³/mol. The monoisotopic (exact) mass is 260 g/mol. The van der Waals surface area contributed by atoms with Gasteiger partial charge in [0.05, 0.1) is 0 Å². The molecule has 0 aliphatic heterocycles. The van der Waals surface area contributed by atoms with Gasteiger partial charge in [-0.2, -0.15) is 0 Å². The molecule has 0 radical (unpaired) electrons. The third-order valence-corrected chi connectivity index (χ3v) is 2.56. The van der Waals surface area contributed by atoms with Crippen molar-refractivity contribution in [3.8, 4) is 0 Å². The molecule has 19 heavy (non-hydrogen) atoms. The Balaban J connectivity index is 2.54. The highest BCUT2D eigenvalue weighted by Crippen LogP contribution is 2.24. The number of carbonyl (C=O) groups is 1. The van der Waals surface area contributed by atoms with E-state index in [-0.39, 0.29) is 0 Å². The third kappa shape index (κ3) is 3.25. The first-order chi connectivity index (χ1) is 9.06. The average molecular weight is 260 g/mol. The molecular formula is C15H10F2O2. The zero-order valence-corrected chi connectivity index (χ0v) is 9.81. The SMILES string of the molecule is O=C(O)/C=C(/c1ccc(F)cc1)c1cccc(F)c1. The van der Waals surface area contributed by atoms with Gasteiger partial charge in [-0.1, -0.05) is 24.3 Å². The van der Waals surface area contributed by atoms with Gasteiger partial charge >= 0.3 is 5.97 Å². The summed E-state index contributed by atoms with van der Waals surface area (Å²) in [6, 6.07) is 11.0. The van der Waals surface area contributed by atoms with Gasteiger partial charge in [-0.15, -0.1) is 0 Å². The molecule has 4 heteroatoms. The number of carboxylic acid groups (broad SMARTS) is 1. The molecule has 2 aromatic rings. The van der Waals surface area contributed by atoms with Crippen LogP contribution in [0.25, 0.3) is 5.57 Å². The fourth-order valence-corrected chi connectivity index (χ4v) is 1.74. The lowest BCUT2D eigenvalue weighted by Crippen LogP contribution is -1.95. The van der Waals surface area contributed by atoms with Gasteiger partial charge in [-0.25, -0.2) is 13.6 Å². The Morgan fingerprint density at radius 2 is 1.63 bits per heavy atom. The highest BCUT2D eigenvalue weighted by atomic mass is 19.1. The number of carboxylic acids is 1. The lowest BCUT2D eigenvalue weighted by atomic mass is 9.97. The van der Waals surface area contributed by atoms with E-state index in [0.717, 1.165) is 6.08 Å². The molecule has 96 valence electrons. The van der Waals surface area contributed by atoms with E-state index in [1.54, 1.807) is 6.07 Å². The first-order valence-corrected chi connectivity index (χ1v) is 5.53. The number of aliphatic carboxylic acids is 1. The van der Waals surface area contributed by atoms with Crippen LogP contribution in [0.4, 0.5) is 8.78 Å². The van der Waals surface area contributed by atoms with Crippen LogP contribution in [0.3, 0.4) is 0 Å².